The number of carbonyl (C=O) groups is 2. The molecular weight excluding hydrogens is 466 g/mol. The number of fused-ring (bicyclic) bond motifs is 3. The summed E-state index contributed by atoms with van der Waals surface area (Å²) in [5, 5.41) is 0.788. The summed E-state index contributed by atoms with van der Waals surface area (Å²) in [5.74, 6) is 1.17. The van der Waals surface area contributed by atoms with E-state index in [0.717, 1.165) is 35.2 Å². The number of aryl methyl sites for hydroxylation is 2. The Kier molecular flexibility index (Phi) is 5.93. The molecule has 3 aliphatic rings. The van der Waals surface area contributed by atoms with Gasteiger partial charge in [-0.1, -0.05) is 0 Å². The summed E-state index contributed by atoms with van der Waals surface area (Å²) in [7, 11) is 0. The third-order valence-corrected chi connectivity index (χ3v) is 8.61. The van der Waals surface area contributed by atoms with Gasteiger partial charge in [0.15, 0.2) is 0 Å². The third kappa shape index (κ3) is 4.40. The molecule has 3 aromatic rings. The van der Waals surface area contributed by atoms with Gasteiger partial charge >= 0.3 is 0 Å². The molecule has 9 nitrogen and oxygen atoms in total. The summed E-state index contributed by atoms with van der Waals surface area (Å²) in [6, 6.07) is 3.64. The van der Waals surface area contributed by atoms with E-state index >= 15 is 0 Å². The Labute approximate surface area is 206 Å². The largest absolute Gasteiger partial charge is 0.467 e. The van der Waals surface area contributed by atoms with Crippen molar-refractivity contribution < 1.29 is 14.0 Å². The molecule has 184 valence electrons. The minimum Gasteiger partial charge on any atom is -0.467 e. The molecule has 5 heterocycles. The topological polar surface area (TPSA) is 103 Å². The van der Waals surface area contributed by atoms with Gasteiger partial charge in [-0.3, -0.25) is 19.3 Å². The quantitative estimate of drug-likeness (QED) is 0.582. The Morgan fingerprint density at radius 1 is 1.14 bits per heavy atom. The Morgan fingerprint density at radius 3 is 2.77 bits per heavy atom. The van der Waals surface area contributed by atoms with Crippen molar-refractivity contribution in [3.8, 4) is 0 Å². The van der Waals surface area contributed by atoms with Gasteiger partial charge in [0.05, 0.1) is 30.7 Å². The van der Waals surface area contributed by atoms with Crippen LogP contribution in [0.1, 0.15) is 41.3 Å². The second kappa shape index (κ2) is 9.23. The predicted octanol–water partition coefficient (Wildman–Crippen LogP) is 2.15. The van der Waals surface area contributed by atoms with Gasteiger partial charge < -0.3 is 19.2 Å². The number of hydrogen-bond acceptors (Lipinski definition) is 7. The molecule has 2 fully saturated rings. The van der Waals surface area contributed by atoms with Crippen molar-refractivity contribution in [2.45, 2.75) is 45.2 Å². The standard InChI is InChI=1S/C25H29N5O4S/c31-21-12-16(13-30(21)14-17-4-3-11-34-17)25(33)29-9-7-28(8-10-29)15-20-26-23(32)22-18-5-1-2-6-19(18)35-24(22)27-20/h3-4,11,16H,1-2,5-10,12-15H2,(H,26,27,32). The zero-order valence-corrected chi connectivity index (χ0v) is 20.4. The molecule has 6 rings (SSSR count). The number of hydrogen-bond donors (Lipinski definition) is 1. The molecule has 2 amide bonds. The summed E-state index contributed by atoms with van der Waals surface area (Å²) in [5.41, 5.74) is 1.18. The first-order valence-corrected chi connectivity index (χ1v) is 13.2. The van der Waals surface area contributed by atoms with Gasteiger partial charge in [0.1, 0.15) is 16.4 Å². The number of carbonyl (C=O) groups excluding carboxylic acids is 2. The second-order valence-corrected chi connectivity index (χ2v) is 10.8. The van der Waals surface area contributed by atoms with E-state index in [1.807, 2.05) is 11.0 Å². The molecule has 3 aromatic heterocycles. The number of nitrogens with zero attached hydrogens (tertiary/aromatic N) is 4. The lowest BCUT2D eigenvalue weighted by Gasteiger charge is -2.35. The molecule has 0 saturated carbocycles. The maximum atomic E-state index is 13.1. The Morgan fingerprint density at radius 2 is 1.97 bits per heavy atom. The van der Waals surface area contributed by atoms with Crippen molar-refractivity contribution in [3.63, 3.8) is 0 Å². The van der Waals surface area contributed by atoms with Crippen molar-refractivity contribution in [1.29, 1.82) is 0 Å². The minimum atomic E-state index is -0.297. The molecule has 0 bridgehead atoms. The lowest BCUT2D eigenvalue weighted by atomic mass is 9.97. The molecule has 1 N–H and O–H groups in total. The first-order valence-electron chi connectivity index (χ1n) is 12.4. The summed E-state index contributed by atoms with van der Waals surface area (Å²) in [6.07, 6.45) is 6.20. The normalized spacial score (nSPS) is 21.1. The van der Waals surface area contributed by atoms with Gasteiger partial charge in [-0.05, 0) is 43.4 Å². The van der Waals surface area contributed by atoms with Crippen molar-refractivity contribution >= 4 is 33.4 Å². The minimum absolute atomic E-state index is 0.000867. The lowest BCUT2D eigenvalue weighted by molar-refractivity contribution is -0.137. The monoisotopic (exact) mass is 495 g/mol. The first-order chi connectivity index (χ1) is 17.0. The Balaban J connectivity index is 1.06. The number of aromatic nitrogens is 2. The van der Waals surface area contributed by atoms with Crippen LogP contribution >= 0.6 is 11.3 Å². The van der Waals surface area contributed by atoms with Crippen molar-refractivity contribution in [2.24, 2.45) is 5.92 Å². The van der Waals surface area contributed by atoms with Crippen LogP contribution in [-0.4, -0.2) is 69.2 Å². The molecule has 1 unspecified atom stereocenters. The molecule has 2 saturated heterocycles. The molecule has 2 aliphatic heterocycles. The van der Waals surface area contributed by atoms with Crippen LogP contribution < -0.4 is 5.56 Å². The maximum absolute atomic E-state index is 13.1. The fourth-order valence-electron chi connectivity index (χ4n) is 5.56. The van der Waals surface area contributed by atoms with Gasteiger partial charge in [0.25, 0.3) is 5.56 Å². The van der Waals surface area contributed by atoms with Crippen LogP contribution in [0.5, 0.6) is 0 Å². The van der Waals surface area contributed by atoms with Crippen LogP contribution in [0.2, 0.25) is 0 Å². The van der Waals surface area contributed by atoms with Gasteiger partial charge in [-0.2, -0.15) is 0 Å². The molecule has 1 atom stereocenters. The van der Waals surface area contributed by atoms with Crippen LogP contribution in [0.3, 0.4) is 0 Å². The summed E-state index contributed by atoms with van der Waals surface area (Å²) in [6.45, 7) is 4.06. The maximum Gasteiger partial charge on any atom is 0.259 e. The fraction of sp³-hybridized carbons (Fsp3) is 0.520. The van der Waals surface area contributed by atoms with E-state index in [1.165, 1.54) is 16.9 Å². The molecule has 0 radical (unpaired) electrons. The van der Waals surface area contributed by atoms with Gasteiger partial charge in [-0.25, -0.2) is 4.98 Å². The van der Waals surface area contributed by atoms with Crippen LogP contribution in [0, 0.1) is 5.92 Å². The molecule has 1 aliphatic carbocycles. The average molecular weight is 496 g/mol. The number of furan rings is 1. The highest BCUT2D eigenvalue weighted by molar-refractivity contribution is 7.18. The first kappa shape index (κ1) is 22.5. The molecule has 35 heavy (non-hydrogen) atoms. The highest BCUT2D eigenvalue weighted by Gasteiger charge is 2.37. The smallest absolute Gasteiger partial charge is 0.259 e. The van der Waals surface area contributed by atoms with E-state index < -0.39 is 0 Å². The van der Waals surface area contributed by atoms with E-state index in [0.29, 0.717) is 51.6 Å². The van der Waals surface area contributed by atoms with E-state index in [-0.39, 0.29) is 29.7 Å². The number of piperazine rings is 1. The Hall–Kier alpha value is -2.98. The Bertz CT molecular complexity index is 1310. The fourth-order valence-corrected chi connectivity index (χ4v) is 6.84. The van der Waals surface area contributed by atoms with Crippen molar-refractivity contribution in [1.82, 2.24) is 24.7 Å². The van der Waals surface area contributed by atoms with Gasteiger partial charge in [0.2, 0.25) is 11.8 Å². The summed E-state index contributed by atoms with van der Waals surface area (Å²) in [4.78, 5) is 54.1. The van der Waals surface area contributed by atoms with Crippen molar-refractivity contribution in [3.05, 3.63) is 50.8 Å². The summed E-state index contributed by atoms with van der Waals surface area (Å²) >= 11 is 1.67. The van der Waals surface area contributed by atoms with E-state index in [9.17, 15) is 14.4 Å². The zero-order valence-electron chi connectivity index (χ0n) is 19.6. The molecule has 0 aromatic carbocycles. The molecule has 0 spiro atoms. The SMILES string of the molecule is O=C1CC(C(=O)N2CCN(Cc3nc4sc5c(c4c(=O)[nH]3)CCCC5)CC2)CN1Cc1ccco1. The number of amides is 2. The number of H-pyrrole nitrogens is 1. The van der Waals surface area contributed by atoms with E-state index in [4.69, 9.17) is 9.40 Å². The van der Waals surface area contributed by atoms with Gasteiger partial charge in [0, 0.05) is 44.0 Å². The van der Waals surface area contributed by atoms with Gasteiger partial charge in [-0.15, -0.1) is 11.3 Å². The third-order valence-electron chi connectivity index (χ3n) is 7.42. The average Bonchev–Trinajstić information content (AvgIpc) is 3.58. The second-order valence-electron chi connectivity index (χ2n) is 9.76. The number of aromatic amines is 1. The number of thiophene rings is 1. The van der Waals surface area contributed by atoms with Crippen LogP contribution in [-0.2, 0) is 35.5 Å². The molecule has 10 heteroatoms. The highest BCUT2D eigenvalue weighted by atomic mass is 32.1. The number of nitrogens with one attached hydrogen (secondary N) is 1. The zero-order chi connectivity index (χ0) is 23.9. The lowest BCUT2D eigenvalue weighted by Crippen LogP contribution is -2.50. The number of likely N-dealkylation sites (tertiary alicyclic amines) is 1. The van der Waals surface area contributed by atoms with Crippen LogP contribution in [0.4, 0.5) is 0 Å². The van der Waals surface area contributed by atoms with Crippen molar-refractivity contribution in [2.75, 3.05) is 32.7 Å². The van der Waals surface area contributed by atoms with Crippen LogP contribution in [0.25, 0.3) is 10.2 Å². The van der Waals surface area contributed by atoms with E-state index in [2.05, 4.69) is 9.88 Å². The van der Waals surface area contributed by atoms with E-state index in [1.54, 1.807) is 28.6 Å². The molecular formula is C25H29N5O4S. The predicted molar refractivity (Wildman–Crippen MR) is 131 cm³/mol. The highest BCUT2D eigenvalue weighted by Crippen LogP contribution is 2.33. The van der Waals surface area contributed by atoms with Crippen LogP contribution in [0.15, 0.2) is 27.6 Å². The summed E-state index contributed by atoms with van der Waals surface area (Å²) < 4.78 is 5.35. The number of rotatable bonds is 5.